The molecule has 2 fully saturated rings. The van der Waals surface area contributed by atoms with Crippen molar-refractivity contribution in [3.05, 3.63) is 74.7 Å². The lowest BCUT2D eigenvalue weighted by molar-refractivity contribution is -0.384. The van der Waals surface area contributed by atoms with Gasteiger partial charge in [-0.15, -0.1) is 0 Å². The highest BCUT2D eigenvalue weighted by Gasteiger charge is 2.35. The Bertz CT molecular complexity index is 1120. The maximum absolute atomic E-state index is 12.7. The van der Waals surface area contributed by atoms with Crippen LogP contribution in [0.3, 0.4) is 0 Å². The molecule has 2 aromatic carbocycles. The molecule has 2 aromatic rings. The van der Waals surface area contributed by atoms with Gasteiger partial charge in [0.15, 0.2) is 6.61 Å². The van der Waals surface area contributed by atoms with Crippen LogP contribution in [0.5, 0.6) is 5.75 Å². The standard InChI is InChI=1S/C24H23N3O6S/c28-22(25-12-2-1-3-13-25)16-33-20-10-6-17(7-11-20)14-21-23(29)26(24(30)34-21)15-18-4-8-19(9-5-18)27(31)32/h4-11,14H,1-3,12-13,15-16H2/b21-14-. The van der Waals surface area contributed by atoms with E-state index in [1.807, 2.05) is 4.90 Å². The average molecular weight is 482 g/mol. The van der Waals surface area contributed by atoms with Gasteiger partial charge in [0.25, 0.3) is 22.7 Å². The van der Waals surface area contributed by atoms with E-state index >= 15 is 0 Å². The first-order chi connectivity index (χ1) is 16.4. The van der Waals surface area contributed by atoms with Crippen LogP contribution in [0.25, 0.3) is 6.08 Å². The van der Waals surface area contributed by atoms with E-state index in [-0.39, 0.29) is 24.7 Å². The molecule has 0 atom stereocenters. The third-order valence-electron chi connectivity index (χ3n) is 5.61. The van der Waals surface area contributed by atoms with Gasteiger partial charge in [-0.2, -0.15) is 0 Å². The Balaban J connectivity index is 1.35. The summed E-state index contributed by atoms with van der Waals surface area (Å²) in [5, 5.41) is 10.4. The normalized spacial score (nSPS) is 17.4. The highest BCUT2D eigenvalue weighted by atomic mass is 32.2. The van der Waals surface area contributed by atoms with Gasteiger partial charge in [0.2, 0.25) is 0 Å². The van der Waals surface area contributed by atoms with Crippen molar-refractivity contribution in [2.24, 2.45) is 0 Å². The molecule has 176 valence electrons. The van der Waals surface area contributed by atoms with Crippen molar-refractivity contribution < 1.29 is 24.0 Å². The topological polar surface area (TPSA) is 110 Å². The molecule has 4 rings (SSSR count). The molecule has 2 aliphatic heterocycles. The second-order valence-electron chi connectivity index (χ2n) is 7.99. The van der Waals surface area contributed by atoms with Crippen LogP contribution in [0, 0.1) is 10.1 Å². The van der Waals surface area contributed by atoms with Crippen LogP contribution in [-0.2, 0) is 16.1 Å². The maximum atomic E-state index is 12.7. The van der Waals surface area contributed by atoms with Crippen LogP contribution >= 0.6 is 11.8 Å². The van der Waals surface area contributed by atoms with Gasteiger partial charge >= 0.3 is 0 Å². The number of imide groups is 1. The Morgan fingerprint density at radius 1 is 1.03 bits per heavy atom. The van der Waals surface area contributed by atoms with Gasteiger partial charge in [-0.25, -0.2) is 0 Å². The van der Waals surface area contributed by atoms with Crippen molar-refractivity contribution in [1.29, 1.82) is 0 Å². The highest BCUT2D eigenvalue weighted by molar-refractivity contribution is 8.18. The Morgan fingerprint density at radius 3 is 2.35 bits per heavy atom. The molecule has 10 heteroatoms. The zero-order valence-corrected chi connectivity index (χ0v) is 19.2. The van der Waals surface area contributed by atoms with E-state index in [4.69, 9.17) is 4.74 Å². The number of nitro groups is 1. The number of likely N-dealkylation sites (tertiary alicyclic amines) is 1. The van der Waals surface area contributed by atoms with Gasteiger partial charge in [-0.1, -0.05) is 24.3 Å². The third kappa shape index (κ3) is 5.63. The smallest absolute Gasteiger partial charge is 0.293 e. The van der Waals surface area contributed by atoms with E-state index < -0.39 is 16.1 Å². The molecule has 0 radical (unpaired) electrons. The summed E-state index contributed by atoms with van der Waals surface area (Å²) in [6, 6.07) is 12.7. The van der Waals surface area contributed by atoms with Crippen molar-refractivity contribution in [1.82, 2.24) is 9.80 Å². The summed E-state index contributed by atoms with van der Waals surface area (Å²) < 4.78 is 5.60. The van der Waals surface area contributed by atoms with Crippen LogP contribution in [0.15, 0.2) is 53.4 Å². The number of nitrogens with zero attached hydrogens (tertiary/aromatic N) is 3. The summed E-state index contributed by atoms with van der Waals surface area (Å²) in [4.78, 5) is 50.8. The number of carbonyl (C=O) groups is 3. The number of rotatable bonds is 7. The number of nitro benzene ring substituents is 1. The molecule has 2 heterocycles. The van der Waals surface area contributed by atoms with Gasteiger partial charge in [0.05, 0.1) is 16.4 Å². The predicted octanol–water partition coefficient (Wildman–Crippen LogP) is 4.22. The quantitative estimate of drug-likeness (QED) is 0.331. The zero-order chi connectivity index (χ0) is 24.1. The lowest BCUT2D eigenvalue weighted by atomic mass is 10.1. The minimum absolute atomic E-state index is 0.0130. The minimum Gasteiger partial charge on any atom is -0.484 e. The van der Waals surface area contributed by atoms with Crippen LogP contribution in [0.4, 0.5) is 10.5 Å². The summed E-state index contributed by atoms with van der Waals surface area (Å²) in [6.45, 7) is 1.58. The number of ether oxygens (including phenoxy) is 1. The van der Waals surface area contributed by atoms with Crippen LogP contribution in [0.1, 0.15) is 30.4 Å². The molecule has 0 aromatic heterocycles. The number of amides is 3. The summed E-state index contributed by atoms with van der Waals surface area (Å²) in [5.74, 6) is 0.111. The summed E-state index contributed by atoms with van der Waals surface area (Å²) in [6.07, 6.45) is 4.84. The molecular weight excluding hydrogens is 458 g/mol. The molecule has 0 bridgehead atoms. The second-order valence-corrected chi connectivity index (χ2v) is 8.98. The largest absolute Gasteiger partial charge is 0.484 e. The zero-order valence-electron chi connectivity index (χ0n) is 18.3. The number of hydrogen-bond donors (Lipinski definition) is 0. The van der Waals surface area contributed by atoms with Crippen molar-refractivity contribution >= 4 is 40.6 Å². The maximum Gasteiger partial charge on any atom is 0.293 e. The first-order valence-electron chi connectivity index (χ1n) is 10.9. The number of non-ortho nitro benzene ring substituents is 1. The molecular formula is C24H23N3O6S. The molecule has 0 saturated carbocycles. The average Bonchev–Trinajstić information content (AvgIpc) is 3.11. The van der Waals surface area contributed by atoms with E-state index in [1.54, 1.807) is 30.3 Å². The molecule has 0 spiro atoms. The fourth-order valence-corrected chi connectivity index (χ4v) is 4.57. The van der Waals surface area contributed by atoms with Crippen LogP contribution < -0.4 is 4.74 Å². The highest BCUT2D eigenvalue weighted by Crippen LogP contribution is 2.33. The van der Waals surface area contributed by atoms with Crippen molar-refractivity contribution in [2.75, 3.05) is 19.7 Å². The fraction of sp³-hybridized carbons (Fsp3) is 0.292. The first-order valence-corrected chi connectivity index (χ1v) is 11.7. The number of piperidine rings is 1. The molecule has 3 amide bonds. The first kappa shape index (κ1) is 23.5. The van der Waals surface area contributed by atoms with Crippen molar-refractivity contribution in [2.45, 2.75) is 25.8 Å². The van der Waals surface area contributed by atoms with Gasteiger partial charge in [0, 0.05) is 25.2 Å². The van der Waals surface area contributed by atoms with Gasteiger partial charge in [-0.05, 0) is 60.4 Å². The predicted molar refractivity (Wildman–Crippen MR) is 127 cm³/mol. The van der Waals surface area contributed by atoms with Gasteiger partial charge in [-0.3, -0.25) is 29.4 Å². The van der Waals surface area contributed by atoms with E-state index in [9.17, 15) is 24.5 Å². The Kier molecular flexibility index (Phi) is 7.27. The summed E-state index contributed by atoms with van der Waals surface area (Å²) in [5.41, 5.74) is 1.28. The molecule has 0 aliphatic carbocycles. The molecule has 34 heavy (non-hydrogen) atoms. The second kappa shape index (κ2) is 10.5. The summed E-state index contributed by atoms with van der Waals surface area (Å²) in [7, 11) is 0. The van der Waals surface area contributed by atoms with E-state index in [2.05, 4.69) is 0 Å². The summed E-state index contributed by atoms with van der Waals surface area (Å²) >= 11 is 0.847. The van der Waals surface area contributed by atoms with Crippen molar-refractivity contribution in [3.63, 3.8) is 0 Å². The van der Waals surface area contributed by atoms with E-state index in [0.717, 1.165) is 54.6 Å². The van der Waals surface area contributed by atoms with E-state index in [1.165, 1.54) is 24.3 Å². The number of hydrogen-bond acceptors (Lipinski definition) is 7. The van der Waals surface area contributed by atoms with Crippen LogP contribution in [-0.4, -0.2) is 51.5 Å². The fourth-order valence-electron chi connectivity index (χ4n) is 3.73. The number of benzene rings is 2. The minimum atomic E-state index is -0.504. The van der Waals surface area contributed by atoms with Crippen molar-refractivity contribution in [3.8, 4) is 5.75 Å². The molecule has 2 saturated heterocycles. The Morgan fingerprint density at radius 2 is 1.71 bits per heavy atom. The SMILES string of the molecule is O=C(COc1ccc(/C=C2\SC(=O)N(Cc3ccc([N+](=O)[O-])cc3)C2=O)cc1)N1CCCCC1. The lowest BCUT2D eigenvalue weighted by Crippen LogP contribution is -2.38. The number of thioether (sulfide) groups is 1. The Labute approximate surface area is 200 Å². The molecule has 0 unspecified atom stereocenters. The molecule has 9 nitrogen and oxygen atoms in total. The van der Waals surface area contributed by atoms with Gasteiger partial charge < -0.3 is 9.64 Å². The van der Waals surface area contributed by atoms with Gasteiger partial charge in [0.1, 0.15) is 5.75 Å². The third-order valence-corrected chi connectivity index (χ3v) is 6.52. The monoisotopic (exact) mass is 481 g/mol. The lowest BCUT2D eigenvalue weighted by Gasteiger charge is -2.26. The van der Waals surface area contributed by atoms with E-state index in [0.29, 0.717) is 16.2 Å². The number of carbonyl (C=O) groups excluding carboxylic acids is 3. The molecule has 2 aliphatic rings. The Hall–Kier alpha value is -3.66. The van der Waals surface area contributed by atoms with Crippen LogP contribution in [0.2, 0.25) is 0 Å². The molecule has 0 N–H and O–H groups in total.